The Hall–Kier alpha value is 0.120. The summed E-state index contributed by atoms with van der Waals surface area (Å²) in [5.41, 5.74) is 9.22. The predicted molar refractivity (Wildman–Crippen MR) is 112 cm³/mol. The fourth-order valence-corrected chi connectivity index (χ4v) is 17.0. The van der Waals surface area contributed by atoms with Gasteiger partial charge < -0.3 is 24.8 Å². The van der Waals surface area contributed by atoms with E-state index in [1.165, 1.54) is 12.5 Å². The fourth-order valence-electron chi connectivity index (χ4n) is 5.56. The fraction of sp³-hybridized carbons (Fsp3) is 0.500. The Morgan fingerprint density at radius 2 is 1.68 bits per heavy atom. The molecule has 1 aliphatic heterocycles. The van der Waals surface area contributed by atoms with Crippen LogP contribution in [-0.4, -0.2) is 8.07 Å². The average Bonchev–Trinajstić information content (AvgIpc) is 3.01. The van der Waals surface area contributed by atoms with Gasteiger partial charge in [-0.05, 0) is 0 Å². The number of halogens is 2. The van der Waals surface area contributed by atoms with E-state index in [0.29, 0.717) is 5.41 Å². The van der Waals surface area contributed by atoms with Crippen molar-refractivity contribution in [2.24, 2.45) is 5.41 Å². The maximum Gasteiger partial charge on any atom is -1.00 e. The van der Waals surface area contributed by atoms with Crippen LogP contribution in [0.2, 0.25) is 18.1 Å². The van der Waals surface area contributed by atoms with Gasteiger partial charge in [0.15, 0.2) is 0 Å². The van der Waals surface area contributed by atoms with E-state index >= 15 is 0 Å². The molecule has 0 bridgehead atoms. The molecule has 0 aromatic heterocycles. The summed E-state index contributed by atoms with van der Waals surface area (Å²) in [6, 6.07) is 14.0. The molecule has 0 saturated carbocycles. The third-order valence-corrected chi connectivity index (χ3v) is 19.4. The third-order valence-electron chi connectivity index (χ3n) is 7.93. The van der Waals surface area contributed by atoms with E-state index in [-0.39, 0.29) is 24.8 Å². The van der Waals surface area contributed by atoms with Gasteiger partial charge in [-0.1, -0.05) is 0 Å². The second kappa shape index (κ2) is 8.70. The van der Waals surface area contributed by atoms with Crippen molar-refractivity contribution in [1.82, 2.24) is 0 Å². The summed E-state index contributed by atoms with van der Waals surface area (Å²) in [6.07, 6.45) is 4.14. The SMILES string of the molecule is CC[Si]1(C2[C]([Zr+2][C]3=C(C)C(C)=C(C)C3(C)C)=Cc3ccccc32)CCC1.[Cl-].[Cl-]. The van der Waals surface area contributed by atoms with Crippen LogP contribution in [0, 0.1) is 5.41 Å². The van der Waals surface area contributed by atoms with Gasteiger partial charge in [0.05, 0.1) is 0 Å². The normalized spacial score (nSPS) is 23.9. The molecule has 150 valence electrons. The van der Waals surface area contributed by atoms with E-state index in [4.69, 9.17) is 0 Å². The molecule has 4 heteroatoms. The second-order valence-electron chi connectivity index (χ2n) is 9.23. The molecule has 1 aromatic rings. The first-order valence-corrected chi connectivity index (χ1v) is 15.4. The van der Waals surface area contributed by atoms with Crippen molar-refractivity contribution in [2.45, 2.75) is 71.6 Å². The minimum Gasteiger partial charge on any atom is -1.00 e. The molecule has 1 saturated heterocycles. The predicted octanol–water partition coefficient (Wildman–Crippen LogP) is 1.28. The smallest absolute Gasteiger partial charge is 1.00 e. The van der Waals surface area contributed by atoms with E-state index in [1.54, 1.807) is 39.9 Å². The van der Waals surface area contributed by atoms with Crippen LogP contribution in [0.15, 0.2) is 47.5 Å². The molecule has 1 atom stereocenters. The first kappa shape index (κ1) is 24.4. The van der Waals surface area contributed by atoms with Crippen molar-refractivity contribution in [3.63, 3.8) is 0 Å². The van der Waals surface area contributed by atoms with Crippen LogP contribution < -0.4 is 24.8 Å². The molecule has 3 aliphatic rings. The van der Waals surface area contributed by atoms with Gasteiger partial charge in [-0.2, -0.15) is 0 Å². The summed E-state index contributed by atoms with van der Waals surface area (Å²) in [5.74, 6) is 0. The van der Waals surface area contributed by atoms with Crippen LogP contribution in [0.25, 0.3) is 6.08 Å². The quantitative estimate of drug-likeness (QED) is 0.536. The minimum absolute atomic E-state index is 0. The van der Waals surface area contributed by atoms with Gasteiger partial charge in [0.25, 0.3) is 0 Å². The number of allylic oxidation sites excluding steroid dienone is 5. The summed E-state index contributed by atoms with van der Waals surface area (Å²) in [7, 11) is -1.13. The van der Waals surface area contributed by atoms with Crippen LogP contribution in [0.4, 0.5) is 0 Å². The first-order valence-electron chi connectivity index (χ1n) is 10.3. The summed E-state index contributed by atoms with van der Waals surface area (Å²) >= 11 is -0.746. The maximum absolute atomic E-state index is 2.65. The number of hydrogen-bond acceptors (Lipinski definition) is 0. The van der Waals surface area contributed by atoms with Crippen LogP contribution in [0.3, 0.4) is 0 Å². The molecule has 0 N–H and O–H groups in total. The zero-order valence-corrected chi connectivity index (χ0v) is 23.0. The van der Waals surface area contributed by atoms with Gasteiger partial charge in [0.1, 0.15) is 0 Å². The number of fused-ring (bicyclic) bond motifs is 1. The number of rotatable bonds is 4. The van der Waals surface area contributed by atoms with Crippen LogP contribution in [0.1, 0.15) is 64.6 Å². The van der Waals surface area contributed by atoms with E-state index < -0.39 is 31.3 Å². The third kappa shape index (κ3) is 3.55. The molecule has 1 fully saturated rings. The zero-order valence-electron chi connectivity index (χ0n) is 18.0. The van der Waals surface area contributed by atoms with Crippen molar-refractivity contribution in [3.8, 4) is 0 Å². The van der Waals surface area contributed by atoms with E-state index in [0.717, 1.165) is 5.54 Å². The van der Waals surface area contributed by atoms with Gasteiger partial charge in [-0.15, -0.1) is 0 Å². The van der Waals surface area contributed by atoms with Crippen molar-refractivity contribution >= 4 is 14.1 Å². The maximum atomic E-state index is 2.65. The second-order valence-corrected chi connectivity index (χ2v) is 17.5. The minimum atomic E-state index is -1.13. The largest absolute Gasteiger partial charge is 1.00 e. The Balaban J connectivity index is 0.00000140. The Bertz CT molecular complexity index is 854. The van der Waals surface area contributed by atoms with Crippen LogP contribution in [0.5, 0.6) is 0 Å². The number of benzene rings is 1. The Kier molecular flexibility index (Phi) is 7.58. The Labute approximate surface area is 196 Å². The van der Waals surface area contributed by atoms with Gasteiger partial charge >= 0.3 is 173 Å². The van der Waals surface area contributed by atoms with Gasteiger partial charge in [-0.3, -0.25) is 0 Å². The first-order chi connectivity index (χ1) is 12.3. The molecular weight excluding hydrogens is 478 g/mol. The summed E-state index contributed by atoms with van der Waals surface area (Å²) < 4.78 is 3.76. The molecule has 0 nitrogen and oxygen atoms in total. The molecule has 1 unspecified atom stereocenters. The molecule has 2 aliphatic carbocycles. The monoisotopic (exact) mass is 508 g/mol. The number of hydrogen-bond donors (Lipinski definition) is 0. The average molecular weight is 511 g/mol. The molecule has 0 radical (unpaired) electrons. The van der Waals surface area contributed by atoms with Gasteiger partial charge in [-0.25, -0.2) is 0 Å². The topological polar surface area (TPSA) is 0 Å². The zero-order chi connectivity index (χ0) is 18.7. The summed E-state index contributed by atoms with van der Waals surface area (Å²) in [4.78, 5) is 0. The molecule has 0 amide bonds. The van der Waals surface area contributed by atoms with Crippen LogP contribution in [-0.2, 0) is 23.2 Å². The molecule has 28 heavy (non-hydrogen) atoms. The van der Waals surface area contributed by atoms with Crippen molar-refractivity contribution in [2.75, 3.05) is 0 Å². The van der Waals surface area contributed by atoms with E-state index in [2.05, 4.69) is 71.9 Å². The molecule has 4 rings (SSSR count). The van der Waals surface area contributed by atoms with Crippen molar-refractivity contribution in [1.29, 1.82) is 0 Å². The molecule has 0 spiro atoms. The van der Waals surface area contributed by atoms with E-state index in [1.807, 2.05) is 6.56 Å². The van der Waals surface area contributed by atoms with E-state index in [9.17, 15) is 0 Å². The standard InChI is InChI=1S/C14H17Si.C10H15.2ClH.Zr/c1-2-15(10-5-11-15)14-9-8-12-6-3-4-7-13(12)14;1-7-6-10(4,5)9(3)8(7)2;;;/h3-4,6-8,14H,2,5,10-11H2,1H3;1-5H3;2*1H;/q;;;;+2/p-2. The van der Waals surface area contributed by atoms with Crippen molar-refractivity contribution < 1.29 is 48.0 Å². The Morgan fingerprint density at radius 1 is 1.04 bits per heavy atom. The van der Waals surface area contributed by atoms with Gasteiger partial charge in [0.2, 0.25) is 0 Å². The molecular formula is C24H32Cl2SiZr. The Morgan fingerprint density at radius 3 is 2.18 bits per heavy atom. The van der Waals surface area contributed by atoms with Gasteiger partial charge in [0, 0.05) is 0 Å². The van der Waals surface area contributed by atoms with Crippen molar-refractivity contribution in [3.05, 3.63) is 58.7 Å². The molecule has 1 heterocycles. The summed E-state index contributed by atoms with van der Waals surface area (Å²) in [6.45, 7) is 14.6. The summed E-state index contributed by atoms with van der Waals surface area (Å²) in [5, 5.41) is 0. The molecule has 1 aromatic carbocycles. The van der Waals surface area contributed by atoms with Crippen LogP contribution >= 0.6 is 0 Å².